The molecule has 0 aromatic heterocycles. The van der Waals surface area contributed by atoms with Crippen molar-refractivity contribution in [2.45, 2.75) is 18.4 Å². The Labute approximate surface area is 89.7 Å². The Hall–Kier alpha value is -1.54. The Bertz CT molecular complexity index is 394. The summed E-state index contributed by atoms with van der Waals surface area (Å²) in [5, 5.41) is 10.3. The number of hydrogen-bond donors (Lipinski definition) is 2. The first-order chi connectivity index (χ1) is 7.18. The average molecular weight is 201 g/mol. The van der Waals surface area contributed by atoms with Gasteiger partial charge in [0.25, 0.3) is 0 Å². The molecular formula is C13H15NO. The van der Waals surface area contributed by atoms with E-state index in [9.17, 15) is 5.11 Å². The molecule has 1 aromatic carbocycles. The minimum atomic E-state index is -0.819. The number of hydrogen-bond acceptors (Lipinski definition) is 2. The van der Waals surface area contributed by atoms with Gasteiger partial charge in [-0.3, -0.25) is 0 Å². The first kappa shape index (κ1) is 9.99. The Morgan fingerprint density at radius 3 is 2.67 bits per heavy atom. The molecule has 0 saturated heterocycles. The van der Waals surface area contributed by atoms with Crippen molar-refractivity contribution >= 4 is 0 Å². The van der Waals surface area contributed by atoms with Crippen molar-refractivity contribution in [3.8, 4) is 0 Å². The smallest absolute Gasteiger partial charge is 0.0925 e. The van der Waals surface area contributed by atoms with Crippen LogP contribution >= 0.6 is 0 Å². The van der Waals surface area contributed by atoms with Gasteiger partial charge in [-0.1, -0.05) is 42.5 Å². The Kier molecular flexibility index (Phi) is 2.60. The highest BCUT2D eigenvalue weighted by Crippen LogP contribution is 2.24. The van der Waals surface area contributed by atoms with Crippen LogP contribution in [0.2, 0.25) is 0 Å². The summed E-state index contributed by atoms with van der Waals surface area (Å²) in [6.07, 6.45) is 6.59. The van der Waals surface area contributed by atoms with Gasteiger partial charge in [0.2, 0.25) is 0 Å². The van der Waals surface area contributed by atoms with Crippen molar-refractivity contribution in [1.82, 2.24) is 0 Å². The van der Waals surface area contributed by atoms with Crippen LogP contribution in [-0.2, 0) is 6.42 Å². The summed E-state index contributed by atoms with van der Waals surface area (Å²) in [5.41, 5.74) is 6.75. The maximum absolute atomic E-state index is 10.3. The van der Waals surface area contributed by atoms with Crippen LogP contribution in [0.25, 0.3) is 0 Å². The fourth-order valence-electron chi connectivity index (χ4n) is 1.89. The highest BCUT2D eigenvalue weighted by Gasteiger charge is 2.26. The second-order valence-corrected chi connectivity index (χ2v) is 4.04. The van der Waals surface area contributed by atoms with Crippen LogP contribution in [-0.4, -0.2) is 10.7 Å². The first-order valence-electron chi connectivity index (χ1n) is 5.08. The Morgan fingerprint density at radius 1 is 1.27 bits per heavy atom. The quantitative estimate of drug-likeness (QED) is 0.766. The van der Waals surface area contributed by atoms with E-state index in [1.54, 1.807) is 0 Å². The second kappa shape index (κ2) is 3.91. The van der Waals surface area contributed by atoms with Gasteiger partial charge in [0.1, 0.15) is 0 Å². The second-order valence-electron chi connectivity index (χ2n) is 4.04. The Balaban J connectivity index is 2.13. The number of benzene rings is 1. The topological polar surface area (TPSA) is 46.2 Å². The molecule has 0 radical (unpaired) electrons. The molecule has 0 aliphatic heterocycles. The molecule has 1 atom stereocenters. The van der Waals surface area contributed by atoms with Crippen LogP contribution < -0.4 is 5.73 Å². The lowest BCUT2D eigenvalue weighted by atomic mass is 9.87. The van der Waals surface area contributed by atoms with Crippen LogP contribution in [0.3, 0.4) is 0 Å². The molecular weight excluding hydrogens is 186 g/mol. The maximum atomic E-state index is 10.3. The molecule has 1 aliphatic carbocycles. The molecule has 0 bridgehead atoms. The highest BCUT2D eigenvalue weighted by atomic mass is 16.3. The van der Waals surface area contributed by atoms with Crippen molar-refractivity contribution in [1.29, 1.82) is 0 Å². The Morgan fingerprint density at radius 2 is 2.00 bits per heavy atom. The van der Waals surface area contributed by atoms with E-state index in [-0.39, 0.29) is 0 Å². The summed E-state index contributed by atoms with van der Waals surface area (Å²) in [6.45, 7) is 0. The molecule has 1 aliphatic rings. The molecule has 1 unspecified atom stereocenters. The molecule has 15 heavy (non-hydrogen) atoms. The van der Waals surface area contributed by atoms with Crippen molar-refractivity contribution < 1.29 is 5.11 Å². The molecule has 3 N–H and O–H groups in total. The van der Waals surface area contributed by atoms with Gasteiger partial charge >= 0.3 is 0 Å². The van der Waals surface area contributed by atoms with Gasteiger partial charge in [-0.2, -0.15) is 0 Å². The zero-order chi connectivity index (χ0) is 10.7. The number of aliphatic hydroxyl groups is 1. The average Bonchev–Trinajstić information content (AvgIpc) is 2.18. The fourth-order valence-corrected chi connectivity index (χ4v) is 1.89. The third-order valence-electron chi connectivity index (χ3n) is 2.58. The molecule has 0 heterocycles. The minimum absolute atomic E-state index is 0.512. The van der Waals surface area contributed by atoms with E-state index in [0.717, 1.165) is 11.3 Å². The molecule has 78 valence electrons. The number of allylic oxidation sites excluding steroid dienone is 2. The maximum Gasteiger partial charge on any atom is 0.0925 e. The van der Waals surface area contributed by atoms with Crippen LogP contribution in [0.5, 0.6) is 0 Å². The molecule has 0 amide bonds. The standard InChI is InChI=1S/C13H15NO/c14-12-7-4-8-13(15,10-12)9-11-5-2-1-3-6-11/h1-8,15H,9-10,14H2. The van der Waals surface area contributed by atoms with E-state index in [0.29, 0.717) is 12.8 Å². The van der Waals surface area contributed by atoms with Crippen molar-refractivity contribution in [3.05, 3.63) is 59.8 Å². The number of nitrogens with two attached hydrogens (primary N) is 1. The summed E-state index contributed by atoms with van der Waals surface area (Å²) in [7, 11) is 0. The van der Waals surface area contributed by atoms with Crippen LogP contribution in [0.1, 0.15) is 12.0 Å². The summed E-state index contributed by atoms with van der Waals surface area (Å²) in [4.78, 5) is 0. The van der Waals surface area contributed by atoms with Gasteiger partial charge < -0.3 is 10.8 Å². The van der Waals surface area contributed by atoms with Gasteiger partial charge in [0.05, 0.1) is 5.60 Å². The van der Waals surface area contributed by atoms with Crippen molar-refractivity contribution in [2.24, 2.45) is 5.73 Å². The summed E-state index contributed by atoms with van der Waals surface area (Å²) >= 11 is 0. The van der Waals surface area contributed by atoms with E-state index in [4.69, 9.17) is 5.73 Å². The third-order valence-corrected chi connectivity index (χ3v) is 2.58. The predicted molar refractivity (Wildman–Crippen MR) is 61.1 cm³/mol. The van der Waals surface area contributed by atoms with E-state index in [1.807, 2.05) is 48.6 Å². The lowest BCUT2D eigenvalue weighted by molar-refractivity contribution is 0.0899. The van der Waals surface area contributed by atoms with Gasteiger partial charge in [0.15, 0.2) is 0 Å². The van der Waals surface area contributed by atoms with E-state index < -0.39 is 5.60 Å². The monoisotopic (exact) mass is 201 g/mol. The minimum Gasteiger partial charge on any atom is -0.402 e. The SMILES string of the molecule is NC1=CC=CC(O)(Cc2ccccc2)C1. The van der Waals surface area contributed by atoms with E-state index in [1.165, 1.54) is 0 Å². The molecule has 0 saturated carbocycles. The molecule has 2 nitrogen and oxygen atoms in total. The lowest BCUT2D eigenvalue weighted by Crippen LogP contribution is -2.32. The molecule has 2 rings (SSSR count). The van der Waals surface area contributed by atoms with Crippen LogP contribution in [0.4, 0.5) is 0 Å². The fraction of sp³-hybridized carbons (Fsp3) is 0.231. The van der Waals surface area contributed by atoms with Gasteiger partial charge in [-0.15, -0.1) is 0 Å². The molecule has 0 spiro atoms. The molecule has 1 aromatic rings. The van der Waals surface area contributed by atoms with Crippen molar-refractivity contribution in [3.63, 3.8) is 0 Å². The predicted octanol–water partition coefficient (Wildman–Crippen LogP) is 1.76. The first-order valence-corrected chi connectivity index (χ1v) is 5.08. The van der Waals surface area contributed by atoms with Gasteiger partial charge in [-0.25, -0.2) is 0 Å². The normalized spacial score (nSPS) is 25.0. The van der Waals surface area contributed by atoms with Gasteiger partial charge in [0, 0.05) is 18.5 Å². The van der Waals surface area contributed by atoms with Crippen molar-refractivity contribution in [2.75, 3.05) is 0 Å². The largest absolute Gasteiger partial charge is 0.402 e. The summed E-state index contributed by atoms with van der Waals surface area (Å²) in [5.74, 6) is 0. The van der Waals surface area contributed by atoms with Gasteiger partial charge in [-0.05, 0) is 11.6 Å². The van der Waals surface area contributed by atoms with E-state index in [2.05, 4.69) is 0 Å². The van der Waals surface area contributed by atoms with Crippen LogP contribution in [0.15, 0.2) is 54.3 Å². The molecule has 2 heteroatoms. The van der Waals surface area contributed by atoms with E-state index >= 15 is 0 Å². The zero-order valence-corrected chi connectivity index (χ0v) is 8.56. The summed E-state index contributed by atoms with van der Waals surface area (Å²) in [6, 6.07) is 9.95. The molecule has 0 fully saturated rings. The lowest BCUT2D eigenvalue weighted by Gasteiger charge is -2.27. The third kappa shape index (κ3) is 2.48. The number of rotatable bonds is 2. The summed E-state index contributed by atoms with van der Waals surface area (Å²) < 4.78 is 0. The zero-order valence-electron chi connectivity index (χ0n) is 8.56. The highest BCUT2D eigenvalue weighted by molar-refractivity contribution is 5.27. The van der Waals surface area contributed by atoms with Crippen LogP contribution in [0, 0.1) is 0 Å².